The lowest BCUT2D eigenvalue weighted by molar-refractivity contribution is -0.122. The number of amides is 1. The molecule has 27 heavy (non-hydrogen) atoms. The van der Waals surface area contributed by atoms with Crippen molar-refractivity contribution in [2.24, 2.45) is 23.5 Å². The van der Waals surface area contributed by atoms with Gasteiger partial charge >= 0.3 is 0 Å². The second-order valence-electron chi connectivity index (χ2n) is 8.04. The smallest absolute Gasteiger partial charge is 0.227 e. The molecule has 2 saturated carbocycles. The second-order valence-corrected chi connectivity index (χ2v) is 8.04. The molecule has 4 rings (SSSR count). The fraction of sp³-hybridized carbons (Fsp3) is 0.524. The van der Waals surface area contributed by atoms with E-state index in [4.69, 9.17) is 5.73 Å². The van der Waals surface area contributed by atoms with Gasteiger partial charge in [-0.2, -0.15) is 5.10 Å². The molecule has 146 valence electrons. The summed E-state index contributed by atoms with van der Waals surface area (Å²) in [6, 6.07) is 10.2. The molecule has 1 aromatic heterocycles. The van der Waals surface area contributed by atoms with Crippen molar-refractivity contribution in [3.8, 4) is 5.69 Å². The van der Waals surface area contributed by atoms with Crippen LogP contribution in [-0.2, 0) is 4.79 Å². The first-order valence-electron chi connectivity index (χ1n) is 9.72. The number of nitrogens with two attached hydrogens (primary N) is 1. The van der Waals surface area contributed by atoms with E-state index >= 15 is 0 Å². The van der Waals surface area contributed by atoms with Crippen LogP contribution in [0.3, 0.4) is 0 Å². The van der Waals surface area contributed by atoms with Crippen molar-refractivity contribution in [2.45, 2.75) is 52.0 Å². The highest BCUT2D eigenvalue weighted by molar-refractivity contribution is 5.94. The molecule has 2 fully saturated rings. The minimum absolute atomic E-state index is 0. The van der Waals surface area contributed by atoms with Gasteiger partial charge in [-0.15, -0.1) is 12.4 Å². The predicted molar refractivity (Wildman–Crippen MR) is 110 cm³/mol. The molecular formula is C21H29ClN4O. The fourth-order valence-corrected chi connectivity index (χ4v) is 4.87. The monoisotopic (exact) mass is 388 g/mol. The third-order valence-electron chi connectivity index (χ3n) is 6.18. The van der Waals surface area contributed by atoms with Crippen LogP contribution in [0.4, 0.5) is 5.69 Å². The Morgan fingerprint density at radius 2 is 1.85 bits per heavy atom. The molecule has 2 aliphatic carbocycles. The first kappa shape index (κ1) is 19.9. The molecule has 1 amide bonds. The van der Waals surface area contributed by atoms with Crippen LogP contribution in [0.25, 0.3) is 5.69 Å². The van der Waals surface area contributed by atoms with Crippen LogP contribution in [0.2, 0.25) is 0 Å². The molecule has 6 heteroatoms. The summed E-state index contributed by atoms with van der Waals surface area (Å²) in [5.74, 6) is 1.20. The molecule has 0 aliphatic heterocycles. The maximum Gasteiger partial charge on any atom is 0.227 e. The molecule has 5 nitrogen and oxygen atoms in total. The van der Waals surface area contributed by atoms with Gasteiger partial charge in [0, 0.05) is 17.7 Å². The van der Waals surface area contributed by atoms with Gasteiger partial charge in [0.1, 0.15) is 0 Å². The molecule has 0 radical (unpaired) electrons. The molecule has 0 saturated heterocycles. The lowest BCUT2D eigenvalue weighted by Crippen LogP contribution is -2.48. The Labute approximate surface area is 167 Å². The molecule has 1 aromatic carbocycles. The van der Waals surface area contributed by atoms with Crippen molar-refractivity contribution < 1.29 is 4.79 Å². The average Bonchev–Trinajstić information content (AvgIpc) is 2.93. The van der Waals surface area contributed by atoms with Crippen molar-refractivity contribution in [2.75, 3.05) is 5.32 Å². The van der Waals surface area contributed by atoms with Crippen LogP contribution in [0, 0.1) is 31.6 Å². The molecule has 2 aliphatic rings. The van der Waals surface area contributed by atoms with Crippen LogP contribution >= 0.6 is 12.4 Å². The Kier molecular flexibility index (Phi) is 5.92. The van der Waals surface area contributed by atoms with E-state index < -0.39 is 0 Å². The van der Waals surface area contributed by atoms with Crippen molar-refractivity contribution >= 4 is 24.0 Å². The van der Waals surface area contributed by atoms with Gasteiger partial charge in [0.05, 0.1) is 17.1 Å². The van der Waals surface area contributed by atoms with E-state index in [2.05, 4.69) is 10.4 Å². The number of halogens is 1. The molecule has 0 spiro atoms. The lowest BCUT2D eigenvalue weighted by Gasteiger charge is -2.43. The summed E-state index contributed by atoms with van der Waals surface area (Å²) in [7, 11) is 0. The third-order valence-corrected chi connectivity index (χ3v) is 6.18. The number of nitrogens with one attached hydrogen (secondary N) is 1. The van der Waals surface area contributed by atoms with Crippen LogP contribution in [0.5, 0.6) is 0 Å². The van der Waals surface area contributed by atoms with E-state index in [9.17, 15) is 4.79 Å². The summed E-state index contributed by atoms with van der Waals surface area (Å²) < 4.78 is 1.90. The zero-order valence-corrected chi connectivity index (χ0v) is 16.8. The highest BCUT2D eigenvalue weighted by atomic mass is 35.5. The van der Waals surface area contributed by atoms with Gasteiger partial charge in [0.25, 0.3) is 0 Å². The highest BCUT2D eigenvalue weighted by Crippen LogP contribution is 2.42. The Balaban J connectivity index is 0.00000210. The predicted octanol–water partition coefficient (Wildman–Crippen LogP) is 4.00. The van der Waals surface area contributed by atoms with Crippen molar-refractivity contribution in [3.63, 3.8) is 0 Å². The molecule has 2 aromatic rings. The zero-order chi connectivity index (χ0) is 18.3. The fourth-order valence-electron chi connectivity index (χ4n) is 4.87. The minimum atomic E-state index is 0. The first-order chi connectivity index (χ1) is 12.5. The van der Waals surface area contributed by atoms with Crippen molar-refractivity contribution in [1.82, 2.24) is 9.78 Å². The van der Waals surface area contributed by atoms with Gasteiger partial charge in [-0.3, -0.25) is 4.79 Å². The molecule has 1 heterocycles. The summed E-state index contributed by atoms with van der Waals surface area (Å²) in [4.78, 5) is 13.0. The van der Waals surface area contributed by atoms with E-state index in [-0.39, 0.29) is 30.3 Å². The van der Waals surface area contributed by atoms with Crippen molar-refractivity contribution in [1.29, 1.82) is 0 Å². The number of rotatable bonds is 3. The molecule has 2 bridgehead atoms. The number of para-hydroxylation sites is 2. The van der Waals surface area contributed by atoms with E-state index in [1.54, 1.807) is 0 Å². The van der Waals surface area contributed by atoms with Crippen molar-refractivity contribution in [3.05, 3.63) is 41.7 Å². The third kappa shape index (κ3) is 3.90. The summed E-state index contributed by atoms with van der Waals surface area (Å²) in [6.45, 7) is 4.01. The van der Waals surface area contributed by atoms with E-state index in [1.807, 2.05) is 48.9 Å². The number of benzene rings is 1. The summed E-state index contributed by atoms with van der Waals surface area (Å²) in [5.41, 5.74) is 10.1. The Morgan fingerprint density at radius 1 is 1.19 bits per heavy atom. The van der Waals surface area contributed by atoms with Gasteiger partial charge in [-0.25, -0.2) is 4.68 Å². The summed E-state index contributed by atoms with van der Waals surface area (Å²) in [6.07, 6.45) is 5.45. The largest absolute Gasteiger partial charge is 0.327 e. The number of anilines is 1. The van der Waals surface area contributed by atoms with Gasteiger partial charge in [-0.1, -0.05) is 18.6 Å². The Morgan fingerprint density at radius 3 is 2.48 bits per heavy atom. The molecule has 3 N–H and O–H groups in total. The number of carbonyl (C=O) groups is 1. The Hall–Kier alpha value is -1.85. The van der Waals surface area contributed by atoms with Crippen LogP contribution in [0.1, 0.15) is 43.5 Å². The average molecular weight is 389 g/mol. The maximum atomic E-state index is 13.0. The number of nitrogens with zero attached hydrogens (tertiary/aromatic N) is 2. The zero-order valence-electron chi connectivity index (χ0n) is 16.0. The van der Waals surface area contributed by atoms with E-state index in [0.717, 1.165) is 35.6 Å². The van der Waals surface area contributed by atoms with Gasteiger partial charge in [0.2, 0.25) is 5.91 Å². The first-order valence-corrected chi connectivity index (χ1v) is 9.72. The second kappa shape index (κ2) is 8.03. The van der Waals surface area contributed by atoms with E-state index in [1.165, 1.54) is 19.3 Å². The number of aryl methyl sites for hydroxylation is 2. The number of hydrogen-bond acceptors (Lipinski definition) is 3. The topological polar surface area (TPSA) is 72.9 Å². The quantitative estimate of drug-likeness (QED) is 0.834. The lowest BCUT2D eigenvalue weighted by atomic mass is 9.65. The SMILES string of the molecule is Cc1cc(C)n(-c2ccccc2NC(=O)C2CC3CCCC(C2)C3N)n1.Cl. The number of hydrogen-bond donors (Lipinski definition) is 2. The highest BCUT2D eigenvalue weighted by Gasteiger charge is 2.40. The Bertz CT molecular complexity index is 804. The number of aromatic nitrogens is 2. The number of carbonyl (C=O) groups excluding carboxylic acids is 1. The van der Waals surface area contributed by atoms with E-state index in [0.29, 0.717) is 11.8 Å². The standard InChI is InChI=1S/C21H28N4O.ClH/c1-13-10-14(2)25(24-13)19-9-4-3-8-18(19)23-21(26)17-11-15-6-5-7-16(12-17)20(15)22;/h3-4,8-10,15-17,20H,5-7,11-12,22H2,1-2H3,(H,23,26);1H. The molecule has 2 unspecified atom stereocenters. The normalized spacial score (nSPS) is 26.9. The van der Waals surface area contributed by atoms with Crippen LogP contribution in [-0.4, -0.2) is 21.7 Å². The summed E-state index contributed by atoms with van der Waals surface area (Å²) in [5, 5.41) is 7.74. The molecular weight excluding hydrogens is 360 g/mol. The van der Waals surface area contributed by atoms with Gasteiger partial charge < -0.3 is 11.1 Å². The van der Waals surface area contributed by atoms with Crippen LogP contribution in [0.15, 0.2) is 30.3 Å². The summed E-state index contributed by atoms with van der Waals surface area (Å²) >= 11 is 0. The van der Waals surface area contributed by atoms with Gasteiger partial charge in [0.15, 0.2) is 0 Å². The minimum Gasteiger partial charge on any atom is -0.327 e. The number of fused-ring (bicyclic) bond motifs is 2. The van der Waals surface area contributed by atoms with Gasteiger partial charge in [-0.05, 0) is 69.6 Å². The van der Waals surface area contributed by atoms with Crippen LogP contribution < -0.4 is 11.1 Å². The maximum absolute atomic E-state index is 13.0. The molecule has 2 atom stereocenters.